The first-order valence-electron chi connectivity index (χ1n) is 5.19. The quantitative estimate of drug-likeness (QED) is 0.847. The summed E-state index contributed by atoms with van der Waals surface area (Å²) >= 11 is 0. The van der Waals surface area contributed by atoms with Crippen LogP contribution in [0.2, 0.25) is 0 Å². The molecule has 0 saturated heterocycles. The second-order valence-electron chi connectivity index (χ2n) is 3.53. The number of methoxy groups -OCH3 is 1. The molecule has 0 amide bonds. The van der Waals surface area contributed by atoms with Crippen molar-refractivity contribution in [3.63, 3.8) is 0 Å². The lowest BCUT2D eigenvalue weighted by Crippen LogP contribution is -2.05. The topological polar surface area (TPSA) is 53.1 Å². The zero-order chi connectivity index (χ0) is 11.4. The van der Waals surface area contributed by atoms with Gasteiger partial charge >= 0.3 is 0 Å². The summed E-state index contributed by atoms with van der Waals surface area (Å²) in [5.74, 6) is 0.505. The van der Waals surface area contributed by atoms with Crippen LogP contribution in [0.3, 0.4) is 0 Å². The summed E-state index contributed by atoms with van der Waals surface area (Å²) in [6.45, 7) is 0.700. The lowest BCUT2D eigenvalue weighted by atomic mass is 10.1. The van der Waals surface area contributed by atoms with E-state index in [-0.39, 0.29) is 0 Å². The standard InChI is InChI=1S/C12H15N3O/c1-16-9-6-10-4-2-3-5-11(10)15-8-7-14-12(15)13/h2-5,7-8H,6,9H2,1H3,(H2,13,14). The molecule has 84 valence electrons. The molecule has 2 aromatic rings. The van der Waals surface area contributed by atoms with Crippen molar-refractivity contribution in [3.05, 3.63) is 42.2 Å². The van der Waals surface area contributed by atoms with Gasteiger partial charge in [0.05, 0.1) is 12.3 Å². The molecule has 0 bridgehead atoms. The third-order valence-electron chi connectivity index (χ3n) is 2.50. The predicted octanol–water partition coefficient (Wildman–Crippen LogP) is 1.64. The smallest absolute Gasteiger partial charge is 0.204 e. The van der Waals surface area contributed by atoms with Gasteiger partial charge < -0.3 is 10.5 Å². The number of nitrogens with zero attached hydrogens (tertiary/aromatic N) is 2. The van der Waals surface area contributed by atoms with Gasteiger partial charge in [0.15, 0.2) is 0 Å². The van der Waals surface area contributed by atoms with Gasteiger partial charge in [-0.3, -0.25) is 4.57 Å². The van der Waals surface area contributed by atoms with Crippen molar-refractivity contribution in [3.8, 4) is 5.69 Å². The molecule has 2 rings (SSSR count). The van der Waals surface area contributed by atoms with Crippen LogP contribution in [-0.2, 0) is 11.2 Å². The summed E-state index contributed by atoms with van der Waals surface area (Å²) in [7, 11) is 1.70. The van der Waals surface area contributed by atoms with E-state index in [1.807, 2.05) is 29.0 Å². The molecular weight excluding hydrogens is 202 g/mol. The van der Waals surface area contributed by atoms with E-state index >= 15 is 0 Å². The minimum absolute atomic E-state index is 0.505. The summed E-state index contributed by atoms with van der Waals surface area (Å²) in [4.78, 5) is 4.02. The van der Waals surface area contributed by atoms with Crippen LogP contribution in [0.4, 0.5) is 5.95 Å². The minimum Gasteiger partial charge on any atom is -0.384 e. The number of rotatable bonds is 4. The molecule has 0 spiro atoms. The zero-order valence-corrected chi connectivity index (χ0v) is 9.26. The third kappa shape index (κ3) is 2.06. The Bertz CT molecular complexity index is 465. The molecular formula is C12H15N3O. The Morgan fingerprint density at radius 1 is 1.38 bits per heavy atom. The highest BCUT2D eigenvalue weighted by atomic mass is 16.5. The molecule has 2 N–H and O–H groups in total. The molecule has 0 aliphatic carbocycles. The second kappa shape index (κ2) is 4.81. The van der Waals surface area contributed by atoms with Gasteiger partial charge in [-0.15, -0.1) is 0 Å². The van der Waals surface area contributed by atoms with Gasteiger partial charge in [0, 0.05) is 19.5 Å². The molecule has 4 nitrogen and oxygen atoms in total. The monoisotopic (exact) mass is 217 g/mol. The van der Waals surface area contributed by atoms with Crippen LogP contribution in [0.1, 0.15) is 5.56 Å². The predicted molar refractivity (Wildman–Crippen MR) is 63.6 cm³/mol. The number of nitrogens with two attached hydrogens (primary N) is 1. The molecule has 0 aliphatic rings. The van der Waals surface area contributed by atoms with Crippen LogP contribution in [0, 0.1) is 0 Å². The molecule has 0 radical (unpaired) electrons. The number of nitrogen functional groups attached to an aromatic ring is 1. The van der Waals surface area contributed by atoms with E-state index in [0.29, 0.717) is 12.6 Å². The van der Waals surface area contributed by atoms with Gasteiger partial charge in [-0.05, 0) is 18.1 Å². The summed E-state index contributed by atoms with van der Waals surface area (Å²) in [6.07, 6.45) is 4.42. The van der Waals surface area contributed by atoms with E-state index in [1.54, 1.807) is 13.3 Å². The lowest BCUT2D eigenvalue weighted by molar-refractivity contribution is 0.202. The van der Waals surface area contributed by atoms with Crippen molar-refractivity contribution < 1.29 is 4.74 Å². The van der Waals surface area contributed by atoms with Crippen LogP contribution in [0.25, 0.3) is 5.69 Å². The fraction of sp³-hybridized carbons (Fsp3) is 0.250. The number of para-hydroxylation sites is 1. The number of hydrogen-bond donors (Lipinski definition) is 1. The van der Waals surface area contributed by atoms with E-state index in [1.165, 1.54) is 5.56 Å². The van der Waals surface area contributed by atoms with Gasteiger partial charge in [-0.25, -0.2) is 4.98 Å². The number of benzene rings is 1. The molecule has 0 fully saturated rings. The van der Waals surface area contributed by atoms with Crippen molar-refractivity contribution in [1.29, 1.82) is 0 Å². The van der Waals surface area contributed by atoms with E-state index < -0.39 is 0 Å². The molecule has 1 aromatic heterocycles. The Balaban J connectivity index is 2.37. The van der Waals surface area contributed by atoms with Crippen LogP contribution >= 0.6 is 0 Å². The second-order valence-corrected chi connectivity index (χ2v) is 3.53. The van der Waals surface area contributed by atoms with Crippen molar-refractivity contribution in [2.24, 2.45) is 0 Å². The third-order valence-corrected chi connectivity index (χ3v) is 2.50. The molecule has 4 heteroatoms. The van der Waals surface area contributed by atoms with Crippen LogP contribution in [0.5, 0.6) is 0 Å². The lowest BCUT2D eigenvalue weighted by Gasteiger charge is -2.10. The Labute approximate surface area is 94.7 Å². The maximum atomic E-state index is 5.79. The Kier molecular flexibility index (Phi) is 3.22. The summed E-state index contributed by atoms with van der Waals surface area (Å²) in [5, 5.41) is 0. The fourth-order valence-electron chi connectivity index (χ4n) is 1.69. The van der Waals surface area contributed by atoms with Crippen molar-refractivity contribution in [2.45, 2.75) is 6.42 Å². The van der Waals surface area contributed by atoms with E-state index in [2.05, 4.69) is 11.1 Å². The molecule has 0 saturated carbocycles. The SMILES string of the molecule is COCCc1ccccc1-n1ccnc1N. The molecule has 1 heterocycles. The average molecular weight is 217 g/mol. The molecule has 16 heavy (non-hydrogen) atoms. The summed E-state index contributed by atoms with van der Waals surface area (Å²) in [5.41, 5.74) is 8.06. The van der Waals surface area contributed by atoms with Gasteiger partial charge in [0.1, 0.15) is 0 Å². The summed E-state index contributed by atoms with van der Waals surface area (Å²) < 4.78 is 6.97. The number of ether oxygens (including phenoxy) is 1. The first-order valence-corrected chi connectivity index (χ1v) is 5.19. The highest BCUT2D eigenvalue weighted by Crippen LogP contribution is 2.17. The fourth-order valence-corrected chi connectivity index (χ4v) is 1.69. The van der Waals surface area contributed by atoms with E-state index in [9.17, 15) is 0 Å². The molecule has 0 atom stereocenters. The Hall–Kier alpha value is -1.81. The van der Waals surface area contributed by atoms with E-state index in [4.69, 9.17) is 10.5 Å². The summed E-state index contributed by atoms with van der Waals surface area (Å²) in [6, 6.07) is 8.11. The highest BCUT2D eigenvalue weighted by molar-refractivity contribution is 5.45. The highest BCUT2D eigenvalue weighted by Gasteiger charge is 2.06. The van der Waals surface area contributed by atoms with Gasteiger partial charge in [-0.1, -0.05) is 18.2 Å². The van der Waals surface area contributed by atoms with Crippen molar-refractivity contribution in [2.75, 3.05) is 19.5 Å². The zero-order valence-electron chi connectivity index (χ0n) is 9.26. The number of hydrogen-bond acceptors (Lipinski definition) is 3. The van der Waals surface area contributed by atoms with Crippen molar-refractivity contribution >= 4 is 5.95 Å². The van der Waals surface area contributed by atoms with Gasteiger partial charge in [0.25, 0.3) is 0 Å². The number of imidazole rings is 1. The van der Waals surface area contributed by atoms with Crippen LogP contribution < -0.4 is 5.73 Å². The first-order chi connectivity index (χ1) is 7.83. The van der Waals surface area contributed by atoms with Gasteiger partial charge in [0.2, 0.25) is 5.95 Å². The Morgan fingerprint density at radius 2 is 2.19 bits per heavy atom. The number of anilines is 1. The molecule has 1 aromatic carbocycles. The molecule has 0 unspecified atom stereocenters. The van der Waals surface area contributed by atoms with E-state index in [0.717, 1.165) is 12.1 Å². The number of aromatic nitrogens is 2. The first kappa shape index (κ1) is 10.7. The average Bonchev–Trinajstić information content (AvgIpc) is 2.73. The van der Waals surface area contributed by atoms with Crippen LogP contribution in [0.15, 0.2) is 36.7 Å². The maximum Gasteiger partial charge on any atom is 0.204 e. The van der Waals surface area contributed by atoms with Gasteiger partial charge in [-0.2, -0.15) is 0 Å². The Morgan fingerprint density at radius 3 is 2.88 bits per heavy atom. The minimum atomic E-state index is 0.505. The van der Waals surface area contributed by atoms with Crippen molar-refractivity contribution in [1.82, 2.24) is 9.55 Å². The normalized spacial score (nSPS) is 10.6. The largest absolute Gasteiger partial charge is 0.384 e. The maximum absolute atomic E-state index is 5.79. The van der Waals surface area contributed by atoms with Crippen LogP contribution in [-0.4, -0.2) is 23.3 Å². The molecule has 0 aliphatic heterocycles.